The summed E-state index contributed by atoms with van der Waals surface area (Å²) in [4.78, 5) is 3.69. The molecule has 0 spiro atoms. The van der Waals surface area contributed by atoms with Crippen molar-refractivity contribution in [3.8, 4) is 44.5 Å². The van der Waals surface area contributed by atoms with Crippen LogP contribution in [0.15, 0.2) is 237 Å². The van der Waals surface area contributed by atoms with Gasteiger partial charge in [0.25, 0.3) is 0 Å². The van der Waals surface area contributed by atoms with Gasteiger partial charge in [-0.15, -0.1) is 11.3 Å². The van der Waals surface area contributed by atoms with Gasteiger partial charge in [0, 0.05) is 31.9 Å². The first kappa shape index (κ1) is 39.1. The number of anilines is 3. The van der Waals surface area contributed by atoms with Crippen LogP contribution in [0.2, 0.25) is 0 Å². The number of fused-ring (bicyclic) bond motifs is 4. The maximum Gasteiger partial charge on any atom is 0.0714 e. The molecule has 10 aromatic rings. The van der Waals surface area contributed by atoms with Gasteiger partial charge in [-0.3, -0.25) is 0 Å². The second kappa shape index (κ2) is 16.5. The lowest BCUT2D eigenvalue weighted by molar-refractivity contribution is 0.768. The van der Waals surface area contributed by atoms with Crippen LogP contribution in [0.1, 0.15) is 39.6 Å². The summed E-state index contributed by atoms with van der Waals surface area (Å²) >= 11 is 1.81. The van der Waals surface area contributed by atoms with Gasteiger partial charge in [-0.05, 0) is 122 Å². The zero-order valence-corrected chi connectivity index (χ0v) is 36.5. The first-order valence-electron chi connectivity index (χ1n) is 22.0. The molecule has 0 N–H and O–H groups in total. The van der Waals surface area contributed by atoms with Crippen LogP contribution >= 0.6 is 11.3 Å². The standard InChI is InChI=1S/C62H45NS/c1-3-18-60-52(4-2)56-41-47(35-40-61(56)64-60)53-25-15-17-28-59(53)63(50-36-33-46(34-37-50)45-31-29-44(30-32-45)43-19-8-5-9-20-43)51-38-39-55-54-26-14-16-27-57(54)62(58(55)42-51,48-21-10-6-11-22-48)49-23-12-7-13-24-49/h3-42H,2H2,1H3/b18-3-. The third-order valence-electron chi connectivity index (χ3n) is 12.9. The predicted octanol–water partition coefficient (Wildman–Crippen LogP) is 17.4. The van der Waals surface area contributed by atoms with Crippen LogP contribution in [0.5, 0.6) is 0 Å². The Morgan fingerprint density at radius 3 is 1.61 bits per heavy atom. The van der Waals surface area contributed by atoms with Crippen LogP contribution < -0.4 is 4.90 Å². The molecule has 2 heteroatoms. The van der Waals surface area contributed by atoms with Crippen LogP contribution in [0, 0.1) is 0 Å². The molecule has 0 bridgehead atoms. The summed E-state index contributed by atoms with van der Waals surface area (Å²) in [6, 6.07) is 82.5. The number of para-hydroxylation sites is 1. The third-order valence-corrected chi connectivity index (χ3v) is 14.0. The minimum atomic E-state index is -0.527. The molecule has 1 aliphatic rings. The first-order valence-corrected chi connectivity index (χ1v) is 22.8. The third kappa shape index (κ3) is 6.54. The quantitative estimate of drug-likeness (QED) is 0.133. The molecule has 9 aromatic carbocycles. The fourth-order valence-corrected chi connectivity index (χ4v) is 11.1. The van der Waals surface area contributed by atoms with Gasteiger partial charge in [-0.2, -0.15) is 0 Å². The van der Waals surface area contributed by atoms with E-state index in [0.29, 0.717) is 0 Å². The zero-order valence-electron chi connectivity index (χ0n) is 35.7. The molecular weight excluding hydrogens is 791 g/mol. The first-order chi connectivity index (χ1) is 31.6. The lowest BCUT2D eigenvalue weighted by Gasteiger charge is -2.35. The molecule has 0 saturated carbocycles. The Morgan fingerprint density at radius 2 is 0.969 bits per heavy atom. The van der Waals surface area contributed by atoms with Gasteiger partial charge in [-0.1, -0.05) is 201 Å². The van der Waals surface area contributed by atoms with Crippen LogP contribution in [0.4, 0.5) is 17.1 Å². The maximum absolute atomic E-state index is 4.23. The maximum atomic E-state index is 4.23. The molecule has 0 atom stereocenters. The zero-order chi connectivity index (χ0) is 43.0. The molecule has 0 aliphatic heterocycles. The van der Waals surface area contributed by atoms with E-state index in [1.807, 2.05) is 17.4 Å². The number of rotatable bonds is 10. The summed E-state index contributed by atoms with van der Waals surface area (Å²) < 4.78 is 1.25. The van der Waals surface area contributed by atoms with Crippen molar-refractivity contribution in [2.45, 2.75) is 12.3 Å². The number of thiophene rings is 1. The van der Waals surface area contributed by atoms with Crippen molar-refractivity contribution in [2.24, 2.45) is 0 Å². The normalized spacial score (nSPS) is 12.6. The molecule has 1 aliphatic carbocycles. The van der Waals surface area contributed by atoms with Crippen molar-refractivity contribution < 1.29 is 0 Å². The molecule has 1 heterocycles. The molecule has 0 fully saturated rings. The molecule has 304 valence electrons. The minimum Gasteiger partial charge on any atom is -0.310 e. The lowest BCUT2D eigenvalue weighted by atomic mass is 9.67. The largest absolute Gasteiger partial charge is 0.310 e. The van der Waals surface area contributed by atoms with Gasteiger partial charge >= 0.3 is 0 Å². The molecule has 0 saturated heterocycles. The van der Waals surface area contributed by atoms with Gasteiger partial charge in [-0.25, -0.2) is 0 Å². The lowest BCUT2D eigenvalue weighted by Crippen LogP contribution is -2.28. The Kier molecular flexibility index (Phi) is 10.1. The molecule has 0 amide bonds. The van der Waals surface area contributed by atoms with Gasteiger partial charge in [0.15, 0.2) is 0 Å². The van der Waals surface area contributed by atoms with Crippen molar-refractivity contribution in [2.75, 3.05) is 4.90 Å². The Morgan fingerprint density at radius 1 is 0.453 bits per heavy atom. The summed E-state index contributed by atoms with van der Waals surface area (Å²) in [6.07, 6.45) is 6.30. The minimum absolute atomic E-state index is 0.527. The van der Waals surface area contributed by atoms with E-state index in [9.17, 15) is 0 Å². The second-order valence-electron chi connectivity index (χ2n) is 16.4. The fourth-order valence-electron chi connectivity index (χ4n) is 9.99. The van der Waals surface area contributed by atoms with Gasteiger partial charge in [0.05, 0.1) is 11.1 Å². The van der Waals surface area contributed by atoms with E-state index in [-0.39, 0.29) is 0 Å². The average molecular weight is 836 g/mol. The smallest absolute Gasteiger partial charge is 0.0714 e. The van der Waals surface area contributed by atoms with Crippen molar-refractivity contribution in [1.29, 1.82) is 0 Å². The van der Waals surface area contributed by atoms with Crippen LogP contribution in [-0.2, 0) is 5.41 Å². The summed E-state index contributed by atoms with van der Waals surface area (Å²) in [5.74, 6) is 0. The predicted molar refractivity (Wildman–Crippen MR) is 275 cm³/mol. The molecule has 1 aromatic heterocycles. The van der Waals surface area contributed by atoms with Crippen LogP contribution in [-0.4, -0.2) is 0 Å². The molecule has 64 heavy (non-hydrogen) atoms. The van der Waals surface area contributed by atoms with E-state index in [2.05, 4.69) is 255 Å². The van der Waals surface area contributed by atoms with E-state index in [1.165, 1.54) is 76.2 Å². The Balaban J connectivity index is 1.11. The highest BCUT2D eigenvalue weighted by molar-refractivity contribution is 7.20. The van der Waals surface area contributed by atoms with E-state index >= 15 is 0 Å². The number of hydrogen-bond donors (Lipinski definition) is 0. The van der Waals surface area contributed by atoms with Gasteiger partial charge in [0.1, 0.15) is 0 Å². The Hall–Kier alpha value is -7.78. The molecular formula is C62H45NS. The molecule has 0 unspecified atom stereocenters. The highest BCUT2D eigenvalue weighted by Gasteiger charge is 2.46. The Labute approximate surface area is 380 Å². The second-order valence-corrected chi connectivity index (χ2v) is 17.5. The topological polar surface area (TPSA) is 3.24 Å². The number of nitrogens with zero attached hydrogens (tertiary/aromatic N) is 1. The van der Waals surface area contributed by atoms with Crippen molar-refractivity contribution in [3.05, 3.63) is 270 Å². The summed E-state index contributed by atoms with van der Waals surface area (Å²) in [5.41, 5.74) is 18.6. The van der Waals surface area contributed by atoms with Gasteiger partial charge in [0.2, 0.25) is 0 Å². The van der Waals surface area contributed by atoms with E-state index in [1.54, 1.807) is 0 Å². The Bertz CT molecular complexity index is 3280. The summed E-state index contributed by atoms with van der Waals surface area (Å²) in [6.45, 7) is 6.31. The fraction of sp³-hybridized carbons (Fsp3) is 0.0323. The molecule has 0 radical (unpaired) electrons. The highest BCUT2D eigenvalue weighted by Crippen LogP contribution is 2.57. The van der Waals surface area contributed by atoms with E-state index in [0.717, 1.165) is 28.2 Å². The van der Waals surface area contributed by atoms with Crippen molar-refractivity contribution in [3.63, 3.8) is 0 Å². The molecule has 1 nitrogen and oxygen atoms in total. The van der Waals surface area contributed by atoms with Crippen molar-refractivity contribution in [1.82, 2.24) is 0 Å². The number of benzene rings is 9. The summed E-state index contributed by atoms with van der Waals surface area (Å²) in [7, 11) is 0. The SMILES string of the molecule is C=Cc1c(/C=C\C)sc2ccc(-c3ccccc3N(c3ccc(-c4ccc(-c5ccccc5)cc4)cc3)c3ccc4c(c3)C(c3ccccc3)(c3ccccc3)c3ccccc3-4)cc12. The summed E-state index contributed by atoms with van der Waals surface area (Å²) in [5, 5.41) is 1.22. The molecule has 11 rings (SSSR count). The highest BCUT2D eigenvalue weighted by atomic mass is 32.1. The van der Waals surface area contributed by atoms with E-state index in [4.69, 9.17) is 0 Å². The van der Waals surface area contributed by atoms with Crippen LogP contribution in [0.3, 0.4) is 0 Å². The van der Waals surface area contributed by atoms with Crippen LogP contribution in [0.25, 0.3) is 66.7 Å². The van der Waals surface area contributed by atoms with Gasteiger partial charge < -0.3 is 4.90 Å². The average Bonchev–Trinajstić information content (AvgIpc) is 3.87. The van der Waals surface area contributed by atoms with Crippen molar-refractivity contribution >= 4 is 50.6 Å². The van der Waals surface area contributed by atoms with E-state index < -0.39 is 5.41 Å². The monoisotopic (exact) mass is 835 g/mol. The number of allylic oxidation sites excluding steroid dienone is 1. The number of hydrogen-bond acceptors (Lipinski definition) is 2.